The van der Waals surface area contributed by atoms with Crippen LogP contribution in [-0.4, -0.2) is 23.1 Å². The Balaban J connectivity index is 1.59. The van der Waals surface area contributed by atoms with E-state index in [4.69, 9.17) is 0 Å². The van der Waals surface area contributed by atoms with Crippen LogP contribution in [0.15, 0.2) is 71.8 Å². The van der Waals surface area contributed by atoms with Gasteiger partial charge in [0.15, 0.2) is 0 Å². The minimum Gasteiger partial charge on any atom is -0.508 e. The lowest BCUT2D eigenvalue weighted by Gasteiger charge is -2.19. The van der Waals surface area contributed by atoms with E-state index < -0.39 is 11.8 Å². The van der Waals surface area contributed by atoms with Crippen LogP contribution in [0.4, 0.5) is 11.4 Å². The van der Waals surface area contributed by atoms with Crippen molar-refractivity contribution in [1.29, 1.82) is 0 Å². The number of fused-ring (bicyclic) bond motifs is 1. The van der Waals surface area contributed by atoms with Crippen molar-refractivity contribution in [2.75, 3.05) is 4.90 Å². The number of para-hydroxylation sites is 1. The number of phenolic OH excluding ortho intramolecular Hbond substituents is 1. The Morgan fingerprint density at radius 2 is 1.77 bits per heavy atom. The van der Waals surface area contributed by atoms with Crippen LogP contribution in [0.25, 0.3) is 0 Å². The van der Waals surface area contributed by atoms with E-state index in [2.05, 4.69) is 10.5 Å². The van der Waals surface area contributed by atoms with Crippen molar-refractivity contribution in [3.8, 4) is 5.75 Å². The predicted octanol–water partition coefficient (Wildman–Crippen LogP) is 4.19. The monoisotopic (exact) mass is 399 g/mol. The molecule has 0 aromatic heterocycles. The second-order valence-corrected chi connectivity index (χ2v) is 7.24. The van der Waals surface area contributed by atoms with E-state index >= 15 is 0 Å². The lowest BCUT2D eigenvalue weighted by atomic mass is 10.0. The molecule has 0 aliphatic carbocycles. The molecule has 0 radical (unpaired) electrons. The average Bonchev–Trinajstić information content (AvgIpc) is 3.02. The first-order chi connectivity index (χ1) is 14.5. The topological polar surface area (TPSA) is 82.0 Å². The number of aromatic hydroxyl groups is 1. The second kappa shape index (κ2) is 7.83. The molecule has 3 aromatic carbocycles. The van der Waals surface area contributed by atoms with Crippen molar-refractivity contribution in [2.45, 2.75) is 19.8 Å². The Kier molecular flexibility index (Phi) is 5.06. The van der Waals surface area contributed by atoms with Gasteiger partial charge in [0.2, 0.25) is 5.91 Å². The summed E-state index contributed by atoms with van der Waals surface area (Å²) in [5.41, 5.74) is 7.53. The fourth-order valence-corrected chi connectivity index (χ4v) is 3.47. The molecule has 2 amide bonds. The maximum Gasteiger partial charge on any atom is 0.271 e. The number of nitrogens with zero attached hydrogens (tertiary/aromatic N) is 2. The van der Waals surface area contributed by atoms with E-state index in [0.29, 0.717) is 5.56 Å². The average molecular weight is 399 g/mol. The molecule has 30 heavy (non-hydrogen) atoms. The van der Waals surface area contributed by atoms with Gasteiger partial charge < -0.3 is 5.11 Å². The van der Waals surface area contributed by atoms with Gasteiger partial charge in [0.25, 0.3) is 5.91 Å². The lowest BCUT2D eigenvalue weighted by molar-refractivity contribution is -0.117. The van der Waals surface area contributed by atoms with Crippen LogP contribution >= 0.6 is 0 Å². The van der Waals surface area contributed by atoms with Crippen LogP contribution in [0.3, 0.4) is 0 Å². The summed E-state index contributed by atoms with van der Waals surface area (Å²) in [6, 6.07) is 19.4. The quantitative estimate of drug-likeness (QED) is 0.510. The number of hydrogen-bond donors (Lipinski definition) is 2. The van der Waals surface area contributed by atoms with E-state index in [9.17, 15) is 14.7 Å². The molecule has 1 aliphatic rings. The number of nitrogens with one attached hydrogen (secondary N) is 1. The lowest BCUT2D eigenvalue weighted by Crippen LogP contribution is -2.25. The van der Waals surface area contributed by atoms with Gasteiger partial charge in [-0.25, -0.2) is 5.43 Å². The minimum atomic E-state index is -0.595. The van der Waals surface area contributed by atoms with Crippen LogP contribution in [0.2, 0.25) is 0 Å². The smallest absolute Gasteiger partial charge is 0.271 e. The Hall–Kier alpha value is -3.93. The van der Waals surface area contributed by atoms with Crippen molar-refractivity contribution in [2.24, 2.45) is 5.10 Å². The normalized spacial score (nSPS) is 15.5. The van der Waals surface area contributed by atoms with Gasteiger partial charge in [-0.05, 0) is 73.0 Å². The molecule has 1 atom stereocenters. The summed E-state index contributed by atoms with van der Waals surface area (Å²) in [7, 11) is 0. The van der Waals surface area contributed by atoms with Gasteiger partial charge in [-0.2, -0.15) is 5.10 Å². The van der Waals surface area contributed by atoms with Crippen molar-refractivity contribution in [1.82, 2.24) is 5.43 Å². The van der Waals surface area contributed by atoms with Gasteiger partial charge in [0.05, 0.1) is 5.69 Å². The summed E-state index contributed by atoms with van der Waals surface area (Å²) in [5.74, 6) is -1.06. The Bertz CT molecular complexity index is 1150. The third-order valence-electron chi connectivity index (χ3n) is 5.27. The van der Waals surface area contributed by atoms with Crippen LogP contribution in [-0.2, 0) is 4.79 Å². The third-order valence-corrected chi connectivity index (χ3v) is 5.27. The van der Waals surface area contributed by atoms with E-state index in [-0.39, 0.29) is 11.7 Å². The summed E-state index contributed by atoms with van der Waals surface area (Å²) in [6.07, 6.45) is 1.46. The molecule has 1 heterocycles. The van der Waals surface area contributed by atoms with E-state index in [1.54, 1.807) is 4.90 Å². The number of hydrogen-bond acceptors (Lipinski definition) is 4. The molecule has 0 saturated carbocycles. The molecule has 4 rings (SSSR count). The summed E-state index contributed by atoms with van der Waals surface area (Å²) < 4.78 is 0. The maximum absolute atomic E-state index is 13.2. The van der Waals surface area contributed by atoms with Crippen LogP contribution in [0.5, 0.6) is 5.75 Å². The fraction of sp³-hybridized carbons (Fsp3) is 0.125. The van der Waals surface area contributed by atoms with Crippen molar-refractivity contribution in [3.63, 3.8) is 0 Å². The number of rotatable bonds is 4. The molecule has 1 unspecified atom stereocenters. The summed E-state index contributed by atoms with van der Waals surface area (Å²) in [6.45, 7) is 4.05. The van der Waals surface area contributed by atoms with E-state index in [0.717, 1.165) is 28.1 Å². The van der Waals surface area contributed by atoms with Crippen LogP contribution < -0.4 is 10.3 Å². The highest BCUT2D eigenvalue weighted by Gasteiger charge is 2.37. The van der Waals surface area contributed by atoms with E-state index in [1.807, 2.05) is 56.3 Å². The highest BCUT2D eigenvalue weighted by Crippen LogP contribution is 2.41. The highest BCUT2D eigenvalue weighted by atomic mass is 16.3. The zero-order chi connectivity index (χ0) is 21.3. The molecule has 0 fully saturated rings. The number of amides is 2. The van der Waals surface area contributed by atoms with Gasteiger partial charge in [0, 0.05) is 17.5 Å². The first kappa shape index (κ1) is 19.4. The highest BCUT2D eigenvalue weighted by molar-refractivity contribution is 6.17. The van der Waals surface area contributed by atoms with Gasteiger partial charge in [-0.15, -0.1) is 0 Å². The van der Waals surface area contributed by atoms with Crippen LogP contribution in [0.1, 0.15) is 33.0 Å². The second-order valence-electron chi connectivity index (χ2n) is 7.24. The molecular weight excluding hydrogens is 378 g/mol. The predicted molar refractivity (Wildman–Crippen MR) is 116 cm³/mol. The molecule has 0 saturated heterocycles. The van der Waals surface area contributed by atoms with E-state index in [1.165, 1.54) is 30.5 Å². The van der Waals surface area contributed by atoms with Crippen molar-refractivity contribution >= 4 is 29.4 Å². The zero-order valence-corrected chi connectivity index (χ0v) is 16.7. The summed E-state index contributed by atoms with van der Waals surface area (Å²) >= 11 is 0. The molecule has 6 heteroatoms. The van der Waals surface area contributed by atoms with Gasteiger partial charge >= 0.3 is 0 Å². The number of benzene rings is 3. The first-order valence-electron chi connectivity index (χ1n) is 9.58. The fourth-order valence-electron chi connectivity index (χ4n) is 3.47. The summed E-state index contributed by atoms with van der Waals surface area (Å²) in [4.78, 5) is 27.1. The van der Waals surface area contributed by atoms with Gasteiger partial charge in [0.1, 0.15) is 11.7 Å². The molecular formula is C24H21N3O3. The molecule has 0 spiro atoms. The Morgan fingerprint density at radius 1 is 1.03 bits per heavy atom. The van der Waals surface area contributed by atoms with Crippen molar-refractivity contribution in [3.05, 3.63) is 89.0 Å². The number of anilines is 2. The van der Waals surface area contributed by atoms with Crippen LogP contribution in [0, 0.1) is 13.8 Å². The number of aryl methyl sites for hydroxylation is 2. The molecule has 3 aromatic rings. The number of carbonyl (C=O) groups is 2. The standard InChI is InChI=1S/C24H21N3O3/c1-15-7-10-18(13-16(15)2)27-22-6-4-3-5-20(22)21(24(27)30)14-25-26-23(29)17-8-11-19(28)12-9-17/h3-14,21,28H,1-2H3,(H,26,29). The zero-order valence-electron chi connectivity index (χ0n) is 16.7. The van der Waals surface area contributed by atoms with Crippen molar-refractivity contribution < 1.29 is 14.7 Å². The molecule has 2 N–H and O–H groups in total. The molecule has 150 valence electrons. The van der Waals surface area contributed by atoms with Gasteiger partial charge in [-0.1, -0.05) is 24.3 Å². The molecule has 1 aliphatic heterocycles. The number of phenols is 1. The minimum absolute atomic E-state index is 0.0784. The molecule has 6 nitrogen and oxygen atoms in total. The summed E-state index contributed by atoms with van der Waals surface area (Å²) in [5, 5.41) is 13.4. The number of carbonyl (C=O) groups excluding carboxylic acids is 2. The SMILES string of the molecule is Cc1ccc(N2C(=O)C(C=NNC(=O)c3ccc(O)cc3)c3ccccc32)cc1C. The Labute approximate surface area is 174 Å². The molecule has 0 bridgehead atoms. The first-order valence-corrected chi connectivity index (χ1v) is 9.58. The van der Waals surface area contributed by atoms with Gasteiger partial charge in [-0.3, -0.25) is 14.5 Å². The largest absolute Gasteiger partial charge is 0.508 e. The maximum atomic E-state index is 13.2. The third kappa shape index (κ3) is 3.55. The number of hydrazone groups is 1. The Morgan fingerprint density at radius 3 is 2.50 bits per heavy atom.